The molecule has 5 nitrogen and oxygen atoms in total. The Morgan fingerprint density at radius 2 is 1.88 bits per heavy atom. The number of carbonyl (C=O) groups is 1. The molecule has 1 N–H and O–H groups in total. The Labute approximate surface area is 145 Å². The van der Waals surface area contributed by atoms with Crippen LogP contribution in [0.1, 0.15) is 21.6 Å². The normalized spacial score (nSPS) is 11.0. The average molecular weight is 357 g/mol. The van der Waals surface area contributed by atoms with Crippen molar-refractivity contribution in [3.8, 4) is 17.5 Å². The van der Waals surface area contributed by atoms with Gasteiger partial charge in [0.1, 0.15) is 6.26 Å². The van der Waals surface area contributed by atoms with Gasteiger partial charge in [0.05, 0.1) is 17.2 Å². The molecule has 0 bridgehead atoms. The van der Waals surface area contributed by atoms with Crippen molar-refractivity contribution in [2.45, 2.75) is 6.18 Å². The standard InChI is InChI=1S/C18H10F3N3O2/c19-18(20,21)13-6-4-12(5-7-13)17-24-15(10-26-17)16(25)23-14-3-1-2-11(8-14)9-22/h1-8,10H,(H,23,25). The average Bonchev–Trinajstić information content (AvgIpc) is 3.11. The number of halogens is 3. The summed E-state index contributed by atoms with van der Waals surface area (Å²) < 4.78 is 42.9. The maximum atomic E-state index is 12.6. The molecule has 0 saturated heterocycles. The van der Waals surface area contributed by atoms with Crippen LogP contribution >= 0.6 is 0 Å². The molecule has 0 saturated carbocycles. The molecule has 2 aromatic carbocycles. The van der Waals surface area contributed by atoms with Crippen molar-refractivity contribution in [1.82, 2.24) is 4.98 Å². The number of amides is 1. The summed E-state index contributed by atoms with van der Waals surface area (Å²) in [5, 5.41) is 11.4. The Balaban J connectivity index is 1.77. The summed E-state index contributed by atoms with van der Waals surface area (Å²) >= 11 is 0. The SMILES string of the molecule is N#Cc1cccc(NC(=O)c2coc(-c3ccc(C(F)(F)F)cc3)n2)c1. The first kappa shape index (κ1) is 17.2. The second kappa shape index (κ2) is 6.72. The number of anilines is 1. The molecule has 0 radical (unpaired) electrons. The van der Waals surface area contributed by atoms with Crippen molar-refractivity contribution in [3.05, 3.63) is 71.6 Å². The van der Waals surface area contributed by atoms with Crippen molar-refractivity contribution >= 4 is 11.6 Å². The zero-order valence-electron chi connectivity index (χ0n) is 13.0. The summed E-state index contributed by atoms with van der Waals surface area (Å²) in [6.07, 6.45) is -3.32. The van der Waals surface area contributed by atoms with Gasteiger partial charge >= 0.3 is 6.18 Å². The fraction of sp³-hybridized carbons (Fsp3) is 0.0556. The Bertz CT molecular complexity index is 986. The molecule has 0 aliphatic heterocycles. The molecule has 130 valence electrons. The lowest BCUT2D eigenvalue weighted by molar-refractivity contribution is -0.137. The van der Waals surface area contributed by atoms with E-state index in [1.54, 1.807) is 18.2 Å². The quantitative estimate of drug-likeness (QED) is 0.749. The predicted octanol–water partition coefficient (Wildman–Crippen LogP) is 4.48. The van der Waals surface area contributed by atoms with Gasteiger partial charge in [-0.1, -0.05) is 6.07 Å². The minimum absolute atomic E-state index is 0.0228. The number of nitrogens with one attached hydrogen (secondary N) is 1. The maximum absolute atomic E-state index is 12.6. The van der Waals surface area contributed by atoms with Crippen molar-refractivity contribution in [1.29, 1.82) is 5.26 Å². The van der Waals surface area contributed by atoms with Gasteiger partial charge in [-0.2, -0.15) is 18.4 Å². The van der Waals surface area contributed by atoms with E-state index < -0.39 is 17.6 Å². The first-order valence-electron chi connectivity index (χ1n) is 7.31. The van der Waals surface area contributed by atoms with Crippen LogP contribution in [0, 0.1) is 11.3 Å². The number of carbonyl (C=O) groups excluding carboxylic acids is 1. The number of hydrogen-bond acceptors (Lipinski definition) is 4. The number of nitrogens with zero attached hydrogens (tertiary/aromatic N) is 2. The fourth-order valence-corrected chi connectivity index (χ4v) is 2.17. The minimum Gasteiger partial charge on any atom is -0.444 e. The Kier molecular flexibility index (Phi) is 4.45. The van der Waals surface area contributed by atoms with E-state index >= 15 is 0 Å². The Morgan fingerprint density at radius 3 is 2.54 bits per heavy atom. The molecular formula is C18H10F3N3O2. The van der Waals surface area contributed by atoms with Crippen LogP contribution in [0.25, 0.3) is 11.5 Å². The van der Waals surface area contributed by atoms with Gasteiger partial charge in [-0.3, -0.25) is 4.79 Å². The van der Waals surface area contributed by atoms with E-state index in [4.69, 9.17) is 9.68 Å². The van der Waals surface area contributed by atoms with Crippen molar-refractivity contribution < 1.29 is 22.4 Å². The zero-order valence-corrected chi connectivity index (χ0v) is 13.0. The summed E-state index contributed by atoms with van der Waals surface area (Å²) in [5.74, 6) is -0.545. The van der Waals surface area contributed by atoms with E-state index in [-0.39, 0.29) is 11.6 Å². The van der Waals surface area contributed by atoms with Crippen LogP contribution in [-0.4, -0.2) is 10.9 Å². The summed E-state index contributed by atoms with van der Waals surface area (Å²) in [6, 6.07) is 12.5. The monoisotopic (exact) mass is 357 g/mol. The summed E-state index contributed by atoms with van der Waals surface area (Å²) in [5.41, 5.74) is 0.274. The molecule has 8 heteroatoms. The Hall–Kier alpha value is -3.60. The lowest BCUT2D eigenvalue weighted by atomic mass is 10.1. The maximum Gasteiger partial charge on any atom is 0.416 e. The van der Waals surface area contributed by atoms with Gasteiger partial charge in [0.25, 0.3) is 5.91 Å². The van der Waals surface area contributed by atoms with Crippen LogP contribution in [-0.2, 0) is 6.18 Å². The number of alkyl halides is 3. The smallest absolute Gasteiger partial charge is 0.416 e. The van der Waals surface area contributed by atoms with E-state index in [0.717, 1.165) is 18.4 Å². The number of rotatable bonds is 3. The van der Waals surface area contributed by atoms with Crippen molar-refractivity contribution in [2.75, 3.05) is 5.32 Å². The second-order valence-electron chi connectivity index (χ2n) is 5.26. The first-order chi connectivity index (χ1) is 12.4. The third kappa shape index (κ3) is 3.72. The first-order valence-corrected chi connectivity index (χ1v) is 7.31. The van der Waals surface area contributed by atoms with E-state index in [1.807, 2.05) is 6.07 Å². The molecule has 1 aromatic heterocycles. The lowest BCUT2D eigenvalue weighted by Crippen LogP contribution is -2.12. The molecule has 0 aliphatic rings. The second-order valence-corrected chi connectivity index (χ2v) is 5.26. The highest BCUT2D eigenvalue weighted by molar-refractivity contribution is 6.03. The predicted molar refractivity (Wildman–Crippen MR) is 86.1 cm³/mol. The zero-order chi connectivity index (χ0) is 18.7. The number of benzene rings is 2. The van der Waals surface area contributed by atoms with Gasteiger partial charge < -0.3 is 9.73 Å². The largest absolute Gasteiger partial charge is 0.444 e. The van der Waals surface area contributed by atoms with Gasteiger partial charge in [-0.05, 0) is 42.5 Å². The van der Waals surface area contributed by atoms with Gasteiger partial charge in [0, 0.05) is 11.3 Å². The molecule has 0 unspecified atom stereocenters. The van der Waals surface area contributed by atoms with Gasteiger partial charge in [-0.25, -0.2) is 4.98 Å². The van der Waals surface area contributed by atoms with Gasteiger partial charge in [0.15, 0.2) is 5.69 Å². The molecule has 0 atom stereocenters. The van der Waals surface area contributed by atoms with Crippen LogP contribution in [0.2, 0.25) is 0 Å². The molecule has 0 aliphatic carbocycles. The van der Waals surface area contributed by atoms with Gasteiger partial charge in [-0.15, -0.1) is 0 Å². The molecule has 3 aromatic rings. The number of aromatic nitrogens is 1. The molecular weight excluding hydrogens is 347 g/mol. The van der Waals surface area contributed by atoms with Crippen LogP contribution < -0.4 is 5.32 Å². The number of hydrogen-bond donors (Lipinski definition) is 1. The molecule has 0 spiro atoms. The minimum atomic E-state index is -4.43. The highest BCUT2D eigenvalue weighted by Gasteiger charge is 2.30. The van der Waals surface area contributed by atoms with E-state index in [0.29, 0.717) is 16.8 Å². The molecule has 1 amide bonds. The van der Waals surface area contributed by atoms with E-state index in [9.17, 15) is 18.0 Å². The molecule has 3 rings (SSSR count). The third-order valence-corrected chi connectivity index (χ3v) is 3.45. The number of oxazole rings is 1. The highest BCUT2D eigenvalue weighted by Crippen LogP contribution is 2.30. The molecule has 0 fully saturated rings. The third-order valence-electron chi connectivity index (χ3n) is 3.45. The fourth-order valence-electron chi connectivity index (χ4n) is 2.17. The molecule has 1 heterocycles. The van der Waals surface area contributed by atoms with E-state index in [2.05, 4.69) is 10.3 Å². The van der Waals surface area contributed by atoms with Crippen LogP contribution in [0.4, 0.5) is 18.9 Å². The highest BCUT2D eigenvalue weighted by atomic mass is 19.4. The summed E-state index contributed by atoms with van der Waals surface area (Å²) in [4.78, 5) is 16.2. The topological polar surface area (TPSA) is 78.9 Å². The van der Waals surface area contributed by atoms with Crippen molar-refractivity contribution in [2.24, 2.45) is 0 Å². The van der Waals surface area contributed by atoms with E-state index in [1.165, 1.54) is 18.2 Å². The number of nitriles is 1. The lowest BCUT2D eigenvalue weighted by Gasteiger charge is -2.06. The molecule has 26 heavy (non-hydrogen) atoms. The van der Waals surface area contributed by atoms with Crippen LogP contribution in [0.3, 0.4) is 0 Å². The van der Waals surface area contributed by atoms with Crippen molar-refractivity contribution in [3.63, 3.8) is 0 Å². The Morgan fingerprint density at radius 1 is 1.15 bits per heavy atom. The summed E-state index contributed by atoms with van der Waals surface area (Å²) in [6.45, 7) is 0. The van der Waals surface area contributed by atoms with Gasteiger partial charge in [0.2, 0.25) is 5.89 Å². The van der Waals surface area contributed by atoms with Crippen LogP contribution in [0.15, 0.2) is 59.2 Å². The van der Waals surface area contributed by atoms with Crippen LogP contribution in [0.5, 0.6) is 0 Å². The summed E-state index contributed by atoms with van der Waals surface area (Å²) in [7, 11) is 0.